The van der Waals surface area contributed by atoms with Crippen LogP contribution in [0.3, 0.4) is 0 Å². The summed E-state index contributed by atoms with van der Waals surface area (Å²) in [7, 11) is 0. The Kier molecular flexibility index (Phi) is 6.40. The first kappa shape index (κ1) is 24.1. The average Bonchev–Trinajstić information content (AvgIpc) is 3.31. The molecule has 0 unspecified atom stereocenters. The summed E-state index contributed by atoms with van der Waals surface area (Å²) in [6.07, 6.45) is 12.2. The van der Waals surface area contributed by atoms with Gasteiger partial charge in [0.05, 0.1) is 39.9 Å². The second-order valence-electron chi connectivity index (χ2n) is 9.16. The molecule has 0 saturated carbocycles. The van der Waals surface area contributed by atoms with Crippen LogP contribution < -0.4 is 5.32 Å². The van der Waals surface area contributed by atoms with Crippen molar-refractivity contribution in [1.29, 1.82) is 0 Å². The quantitative estimate of drug-likeness (QED) is 0.513. The topological polar surface area (TPSA) is 124 Å². The number of hydrogen-bond donors (Lipinski definition) is 3. The normalized spacial score (nSPS) is 18.1. The standard InChI is InChI=1S/C29H26N4O4/c1-16-20(9-11-28(34)35)26-15-27-21(10-12-29(36)37)17(2)25(33-27)14-19-6-4-8-23(31-19)22-7-3-5-18(30-22)13-24(16)32-26/h3-8,13-15,30H,9-12H2,1-2H3,(H,34,35)(H,36,37). The van der Waals surface area contributed by atoms with Crippen LogP contribution in [-0.4, -0.2) is 38.6 Å². The molecule has 37 heavy (non-hydrogen) atoms. The fraction of sp³-hybridized carbons (Fsp3) is 0.207. The first-order chi connectivity index (χ1) is 17.8. The number of rotatable bonds is 6. The van der Waals surface area contributed by atoms with Gasteiger partial charge in [0, 0.05) is 18.5 Å². The Morgan fingerprint density at radius 3 is 2.35 bits per heavy atom. The zero-order valence-electron chi connectivity index (χ0n) is 20.6. The number of pyridine rings is 1. The van der Waals surface area contributed by atoms with E-state index >= 15 is 0 Å². The Hall–Kier alpha value is -4.59. The lowest BCUT2D eigenvalue weighted by Gasteiger charge is -2.15. The molecule has 8 heteroatoms. The third-order valence-corrected chi connectivity index (χ3v) is 6.67. The minimum atomic E-state index is -0.882. The van der Waals surface area contributed by atoms with Gasteiger partial charge in [-0.1, -0.05) is 12.1 Å². The lowest BCUT2D eigenvalue weighted by molar-refractivity contribution is -0.137. The Balaban J connectivity index is 1.70. The molecular formula is C29H26N4O4. The van der Waals surface area contributed by atoms with Gasteiger partial charge in [-0.3, -0.25) is 9.59 Å². The van der Waals surface area contributed by atoms with Gasteiger partial charge in [-0.15, -0.1) is 0 Å². The highest BCUT2D eigenvalue weighted by atomic mass is 16.4. The van der Waals surface area contributed by atoms with Gasteiger partial charge >= 0.3 is 11.9 Å². The molecule has 0 spiro atoms. The summed E-state index contributed by atoms with van der Waals surface area (Å²) in [6, 6.07) is 5.78. The van der Waals surface area contributed by atoms with Crippen LogP contribution >= 0.6 is 0 Å². The van der Waals surface area contributed by atoms with Crippen LogP contribution in [0, 0.1) is 0 Å². The van der Waals surface area contributed by atoms with Crippen LogP contribution in [0.25, 0.3) is 11.8 Å². The van der Waals surface area contributed by atoms with E-state index in [4.69, 9.17) is 15.0 Å². The Morgan fingerprint density at radius 2 is 1.59 bits per heavy atom. The highest BCUT2D eigenvalue weighted by Gasteiger charge is 2.25. The van der Waals surface area contributed by atoms with Crippen LogP contribution in [0.4, 0.5) is 0 Å². The van der Waals surface area contributed by atoms with Crippen LogP contribution in [0.2, 0.25) is 0 Å². The third kappa shape index (κ3) is 5.04. The number of aliphatic imine (C=N–C) groups is 2. The summed E-state index contributed by atoms with van der Waals surface area (Å²) in [5.74, 6) is -1.76. The molecule has 5 rings (SSSR count). The van der Waals surface area contributed by atoms with Crippen molar-refractivity contribution in [2.45, 2.75) is 39.5 Å². The number of dihydropyridines is 1. The number of nitrogens with zero attached hydrogens (tertiary/aromatic N) is 3. The molecule has 4 aliphatic rings. The maximum atomic E-state index is 11.4. The van der Waals surface area contributed by atoms with Crippen molar-refractivity contribution < 1.29 is 19.8 Å². The van der Waals surface area contributed by atoms with Gasteiger partial charge in [0.15, 0.2) is 0 Å². The summed E-state index contributed by atoms with van der Waals surface area (Å²) >= 11 is 0. The number of carboxylic acids is 2. The van der Waals surface area contributed by atoms with E-state index in [-0.39, 0.29) is 12.8 Å². The summed E-state index contributed by atoms with van der Waals surface area (Å²) in [5, 5.41) is 22.1. The van der Waals surface area contributed by atoms with Crippen molar-refractivity contribution in [2.24, 2.45) is 9.98 Å². The maximum absolute atomic E-state index is 11.4. The Morgan fingerprint density at radius 1 is 0.865 bits per heavy atom. The molecule has 0 aromatic carbocycles. The number of nitrogens with one attached hydrogen (secondary N) is 1. The number of carboxylic acid groups (broad SMARTS) is 2. The molecule has 8 nitrogen and oxygen atoms in total. The van der Waals surface area contributed by atoms with Gasteiger partial charge in [-0.2, -0.15) is 0 Å². The molecule has 186 valence electrons. The van der Waals surface area contributed by atoms with Crippen LogP contribution in [-0.2, 0) is 9.59 Å². The highest BCUT2D eigenvalue weighted by molar-refractivity contribution is 6.16. The molecular weight excluding hydrogens is 468 g/mol. The molecule has 1 aromatic heterocycles. The van der Waals surface area contributed by atoms with Gasteiger partial charge in [0.1, 0.15) is 0 Å². The van der Waals surface area contributed by atoms with Crippen molar-refractivity contribution in [3.05, 3.63) is 99.4 Å². The largest absolute Gasteiger partial charge is 0.481 e. The summed E-state index contributed by atoms with van der Waals surface area (Å²) in [6.45, 7) is 3.88. The molecule has 0 radical (unpaired) electrons. The van der Waals surface area contributed by atoms with E-state index in [9.17, 15) is 19.8 Å². The predicted molar refractivity (Wildman–Crippen MR) is 143 cm³/mol. The molecule has 0 saturated heterocycles. The molecule has 1 aromatic rings. The molecule has 0 aliphatic carbocycles. The molecule has 0 fully saturated rings. The number of aromatic nitrogens is 1. The van der Waals surface area contributed by atoms with Crippen molar-refractivity contribution in [3.8, 4) is 0 Å². The summed E-state index contributed by atoms with van der Waals surface area (Å²) < 4.78 is 0. The lowest BCUT2D eigenvalue weighted by Crippen LogP contribution is -2.15. The zero-order valence-corrected chi connectivity index (χ0v) is 20.6. The fourth-order valence-corrected chi connectivity index (χ4v) is 4.69. The van der Waals surface area contributed by atoms with Crippen molar-refractivity contribution in [1.82, 2.24) is 10.3 Å². The highest BCUT2D eigenvalue weighted by Crippen LogP contribution is 2.35. The minimum Gasteiger partial charge on any atom is -0.481 e. The van der Waals surface area contributed by atoms with Crippen molar-refractivity contribution in [2.75, 3.05) is 0 Å². The second-order valence-corrected chi connectivity index (χ2v) is 9.16. The number of fused-ring (bicyclic) bond motifs is 7. The number of aliphatic carboxylic acids is 2. The van der Waals surface area contributed by atoms with E-state index in [1.165, 1.54) is 0 Å². The van der Waals surface area contributed by atoms with Crippen LogP contribution in [0.15, 0.2) is 97.9 Å². The number of carbonyl (C=O) groups is 2. The average molecular weight is 495 g/mol. The van der Waals surface area contributed by atoms with Crippen LogP contribution in [0.1, 0.15) is 50.9 Å². The third-order valence-electron chi connectivity index (χ3n) is 6.67. The molecule has 5 heterocycles. The molecule has 3 N–H and O–H groups in total. The smallest absolute Gasteiger partial charge is 0.303 e. The van der Waals surface area contributed by atoms with Crippen molar-refractivity contribution in [3.63, 3.8) is 0 Å². The van der Waals surface area contributed by atoms with E-state index in [1.807, 2.05) is 68.5 Å². The van der Waals surface area contributed by atoms with Crippen LogP contribution in [0.5, 0.6) is 0 Å². The molecule has 0 amide bonds. The van der Waals surface area contributed by atoms with Crippen molar-refractivity contribution >= 4 is 35.1 Å². The summed E-state index contributed by atoms with van der Waals surface area (Å²) in [4.78, 5) is 37.3. The lowest BCUT2D eigenvalue weighted by atomic mass is 9.96. The predicted octanol–water partition coefficient (Wildman–Crippen LogP) is 4.98. The Labute approximate surface area is 214 Å². The maximum Gasteiger partial charge on any atom is 0.303 e. The fourth-order valence-electron chi connectivity index (χ4n) is 4.69. The van der Waals surface area contributed by atoms with Gasteiger partial charge in [-0.25, -0.2) is 15.0 Å². The first-order valence-corrected chi connectivity index (χ1v) is 12.1. The molecule has 0 atom stereocenters. The van der Waals surface area contributed by atoms with Gasteiger partial charge in [-0.05, 0) is 91.5 Å². The SMILES string of the molecule is CC1=C(CCC(=O)O)C2=CC3=NC(=Cc4cccc(n4)C4=CC=CC(=CC1=N2)N4)C(C)=C3CCC(=O)O. The zero-order chi connectivity index (χ0) is 26.1. The number of hydrogen-bond acceptors (Lipinski definition) is 6. The van der Waals surface area contributed by atoms with E-state index < -0.39 is 11.9 Å². The second kappa shape index (κ2) is 9.81. The van der Waals surface area contributed by atoms with Gasteiger partial charge in [0.25, 0.3) is 0 Å². The monoisotopic (exact) mass is 494 g/mol. The summed E-state index contributed by atoms with van der Waals surface area (Å²) in [5.41, 5.74) is 9.41. The van der Waals surface area contributed by atoms with E-state index in [1.54, 1.807) is 0 Å². The Bertz CT molecular complexity index is 1510. The van der Waals surface area contributed by atoms with E-state index in [0.717, 1.165) is 50.8 Å². The number of allylic oxidation sites excluding steroid dienone is 9. The van der Waals surface area contributed by atoms with E-state index in [2.05, 4.69) is 5.32 Å². The van der Waals surface area contributed by atoms with E-state index in [0.29, 0.717) is 29.9 Å². The van der Waals surface area contributed by atoms with Gasteiger partial charge < -0.3 is 15.5 Å². The van der Waals surface area contributed by atoms with Gasteiger partial charge in [0.2, 0.25) is 0 Å². The molecule has 4 aliphatic heterocycles. The first-order valence-electron chi connectivity index (χ1n) is 12.1. The minimum absolute atomic E-state index is 0.0207. The molecule has 8 bridgehead atoms.